The zero-order valence-corrected chi connectivity index (χ0v) is 19.3. The van der Waals surface area contributed by atoms with Crippen molar-refractivity contribution in [1.82, 2.24) is 9.29 Å². The number of aromatic nitrogens is 1. The van der Waals surface area contributed by atoms with Gasteiger partial charge in [-0.2, -0.15) is 13.2 Å². The first kappa shape index (κ1) is 23.7. The molecular formula is C23H31F3N4S. The summed E-state index contributed by atoms with van der Waals surface area (Å²) in [5.74, 6) is 1.13. The molecular weight excluding hydrogens is 421 g/mol. The molecule has 31 heavy (non-hydrogen) atoms. The Labute approximate surface area is 187 Å². The topological polar surface area (TPSA) is 40.2 Å². The van der Waals surface area contributed by atoms with E-state index in [1.54, 1.807) is 12.1 Å². The van der Waals surface area contributed by atoms with Crippen LogP contribution < -0.4 is 10.6 Å². The van der Waals surface area contributed by atoms with Crippen molar-refractivity contribution in [3.8, 4) is 0 Å². The first-order valence-corrected chi connectivity index (χ1v) is 11.4. The molecule has 8 heteroatoms. The summed E-state index contributed by atoms with van der Waals surface area (Å²) in [5, 5.41) is 6.67. The van der Waals surface area contributed by atoms with Gasteiger partial charge in [-0.15, -0.1) is 0 Å². The number of pyridine rings is 1. The van der Waals surface area contributed by atoms with Gasteiger partial charge in [0.2, 0.25) is 0 Å². The van der Waals surface area contributed by atoms with Gasteiger partial charge in [0.25, 0.3) is 0 Å². The molecule has 0 amide bonds. The number of anilines is 2. The number of hydrogen-bond acceptors (Lipinski definition) is 5. The molecule has 0 radical (unpaired) electrons. The Morgan fingerprint density at radius 2 is 1.81 bits per heavy atom. The van der Waals surface area contributed by atoms with Gasteiger partial charge in [-0.1, -0.05) is 20.8 Å². The molecule has 2 aromatic rings. The molecule has 4 nitrogen and oxygen atoms in total. The van der Waals surface area contributed by atoms with Crippen LogP contribution in [0, 0.1) is 5.41 Å². The van der Waals surface area contributed by atoms with Crippen molar-refractivity contribution < 1.29 is 13.2 Å². The normalized spacial score (nSPS) is 18.1. The van der Waals surface area contributed by atoms with Crippen LogP contribution >= 0.6 is 11.9 Å². The van der Waals surface area contributed by atoms with E-state index < -0.39 is 11.7 Å². The van der Waals surface area contributed by atoms with Crippen LogP contribution in [0.25, 0.3) is 0 Å². The van der Waals surface area contributed by atoms with Crippen molar-refractivity contribution in [2.24, 2.45) is 5.41 Å². The number of benzene rings is 1. The highest BCUT2D eigenvalue weighted by Gasteiger charge is 2.30. The van der Waals surface area contributed by atoms with Crippen LogP contribution in [0.15, 0.2) is 41.3 Å². The molecule has 1 aliphatic rings. The van der Waals surface area contributed by atoms with E-state index in [0.29, 0.717) is 5.92 Å². The molecule has 1 saturated heterocycles. The third kappa shape index (κ3) is 6.77. The van der Waals surface area contributed by atoms with Gasteiger partial charge in [0.15, 0.2) is 0 Å². The molecule has 1 unspecified atom stereocenters. The predicted molar refractivity (Wildman–Crippen MR) is 123 cm³/mol. The maximum Gasteiger partial charge on any atom is 0.416 e. The number of alkyl halides is 3. The minimum absolute atomic E-state index is 0.170. The van der Waals surface area contributed by atoms with Crippen molar-refractivity contribution in [2.45, 2.75) is 50.6 Å². The van der Waals surface area contributed by atoms with Crippen molar-refractivity contribution in [3.05, 3.63) is 47.7 Å². The zero-order chi connectivity index (χ0) is 22.6. The van der Waals surface area contributed by atoms with Crippen molar-refractivity contribution in [1.29, 1.82) is 0 Å². The lowest BCUT2D eigenvalue weighted by molar-refractivity contribution is -0.137. The number of nitrogens with zero attached hydrogens (tertiary/aromatic N) is 2. The van der Waals surface area contributed by atoms with Crippen LogP contribution in [0.1, 0.15) is 50.8 Å². The van der Waals surface area contributed by atoms with E-state index in [1.165, 1.54) is 11.9 Å². The SMILES string of the molecule is CNc1nc(C2CCCN(Sc3ccc(C(F)(F)F)cc3)C2)ccc1NCC(C)(C)C. The van der Waals surface area contributed by atoms with Gasteiger partial charge in [-0.3, -0.25) is 0 Å². The molecule has 1 aliphatic heterocycles. The fourth-order valence-electron chi connectivity index (χ4n) is 3.52. The molecule has 2 heterocycles. The second-order valence-corrected chi connectivity index (χ2v) is 10.3. The number of halogens is 3. The highest BCUT2D eigenvalue weighted by Crippen LogP contribution is 2.35. The summed E-state index contributed by atoms with van der Waals surface area (Å²) in [6, 6.07) is 9.56. The summed E-state index contributed by atoms with van der Waals surface area (Å²) < 4.78 is 40.6. The molecule has 2 N–H and O–H groups in total. The summed E-state index contributed by atoms with van der Waals surface area (Å²) in [6.45, 7) is 9.13. The van der Waals surface area contributed by atoms with Gasteiger partial charge < -0.3 is 10.6 Å². The Morgan fingerprint density at radius 3 is 2.42 bits per heavy atom. The van der Waals surface area contributed by atoms with Crippen LogP contribution in [0.2, 0.25) is 0 Å². The largest absolute Gasteiger partial charge is 0.416 e. The van der Waals surface area contributed by atoms with Crippen LogP contribution in [0.5, 0.6) is 0 Å². The van der Waals surface area contributed by atoms with E-state index in [4.69, 9.17) is 4.98 Å². The number of nitrogens with one attached hydrogen (secondary N) is 2. The first-order chi connectivity index (χ1) is 14.5. The Balaban J connectivity index is 1.66. The van der Waals surface area contributed by atoms with Crippen LogP contribution in [0.3, 0.4) is 0 Å². The minimum Gasteiger partial charge on any atom is -0.382 e. The van der Waals surface area contributed by atoms with Gasteiger partial charge >= 0.3 is 6.18 Å². The molecule has 0 spiro atoms. The van der Waals surface area contributed by atoms with Crippen LogP contribution in [0.4, 0.5) is 24.7 Å². The molecule has 0 aliphatic carbocycles. The van der Waals surface area contributed by atoms with Crippen molar-refractivity contribution >= 4 is 23.5 Å². The molecule has 1 aromatic carbocycles. The van der Waals surface area contributed by atoms with Gasteiger partial charge in [0, 0.05) is 43.2 Å². The summed E-state index contributed by atoms with van der Waals surface area (Å²) in [7, 11) is 1.88. The first-order valence-electron chi connectivity index (χ1n) is 10.6. The predicted octanol–water partition coefficient (Wildman–Crippen LogP) is 6.49. The number of hydrogen-bond donors (Lipinski definition) is 2. The fourth-order valence-corrected chi connectivity index (χ4v) is 4.55. The molecule has 170 valence electrons. The maximum absolute atomic E-state index is 12.8. The summed E-state index contributed by atoms with van der Waals surface area (Å²) in [6.07, 6.45) is -2.22. The fraction of sp³-hybridized carbons (Fsp3) is 0.522. The highest BCUT2D eigenvalue weighted by molar-refractivity contribution is 7.97. The maximum atomic E-state index is 12.8. The lowest BCUT2D eigenvalue weighted by Gasteiger charge is -2.31. The average Bonchev–Trinajstić information content (AvgIpc) is 2.71. The lowest BCUT2D eigenvalue weighted by Crippen LogP contribution is -2.29. The molecule has 0 bridgehead atoms. The number of piperidine rings is 1. The van der Waals surface area contributed by atoms with Gasteiger partial charge in [-0.05, 0) is 66.6 Å². The minimum atomic E-state index is -4.30. The molecule has 0 saturated carbocycles. The lowest BCUT2D eigenvalue weighted by atomic mass is 9.95. The van der Waals surface area contributed by atoms with E-state index in [1.807, 2.05) is 7.05 Å². The summed E-state index contributed by atoms with van der Waals surface area (Å²) >= 11 is 1.52. The quantitative estimate of drug-likeness (QED) is 0.491. The van der Waals surface area contributed by atoms with E-state index in [-0.39, 0.29) is 5.41 Å². The third-order valence-corrected chi connectivity index (χ3v) is 6.25. The second-order valence-electron chi connectivity index (χ2n) is 9.14. The molecule has 1 aromatic heterocycles. The molecule has 1 atom stereocenters. The number of rotatable bonds is 6. The second kappa shape index (κ2) is 9.69. The highest BCUT2D eigenvalue weighted by atomic mass is 32.2. The standard InChI is InChI=1S/C23H31F3N4S/c1-22(2,3)15-28-20-12-11-19(29-21(20)27-4)16-6-5-13-30(14-16)31-18-9-7-17(8-10-18)23(24,25)26/h7-12,16,28H,5-6,13-15H2,1-4H3,(H,27,29). The zero-order valence-electron chi connectivity index (χ0n) is 18.5. The Kier molecular flexibility index (Phi) is 7.42. The van der Waals surface area contributed by atoms with E-state index in [2.05, 4.69) is 47.8 Å². The smallest absolute Gasteiger partial charge is 0.382 e. The van der Waals surface area contributed by atoms with Gasteiger partial charge in [0.1, 0.15) is 5.82 Å². The van der Waals surface area contributed by atoms with E-state index >= 15 is 0 Å². The third-order valence-electron chi connectivity index (χ3n) is 5.18. The molecule has 3 rings (SSSR count). The van der Waals surface area contributed by atoms with Crippen molar-refractivity contribution in [2.75, 3.05) is 37.3 Å². The monoisotopic (exact) mass is 452 g/mol. The Morgan fingerprint density at radius 1 is 1.10 bits per heavy atom. The summed E-state index contributed by atoms with van der Waals surface area (Å²) in [4.78, 5) is 5.68. The Bertz CT molecular complexity index is 863. The average molecular weight is 453 g/mol. The van der Waals surface area contributed by atoms with Gasteiger partial charge in [-0.25, -0.2) is 9.29 Å². The van der Waals surface area contributed by atoms with Crippen LogP contribution in [-0.4, -0.2) is 36.0 Å². The van der Waals surface area contributed by atoms with Crippen molar-refractivity contribution in [3.63, 3.8) is 0 Å². The summed E-state index contributed by atoms with van der Waals surface area (Å²) in [5.41, 5.74) is 1.59. The van der Waals surface area contributed by atoms with E-state index in [0.717, 1.165) is 66.7 Å². The van der Waals surface area contributed by atoms with E-state index in [9.17, 15) is 13.2 Å². The molecule has 1 fully saturated rings. The Hall–Kier alpha value is -1.93. The van der Waals surface area contributed by atoms with Gasteiger partial charge in [0.05, 0.1) is 11.3 Å². The van der Waals surface area contributed by atoms with Crippen LogP contribution in [-0.2, 0) is 6.18 Å².